The second-order valence-corrected chi connectivity index (χ2v) is 8.34. The Balaban J connectivity index is 0.00000216. The second-order valence-electron chi connectivity index (χ2n) is 8.34. The summed E-state index contributed by atoms with van der Waals surface area (Å²) in [5.41, 5.74) is 1.22. The normalized spacial score (nSPS) is 10.9. The number of phenols is 1. The van der Waals surface area contributed by atoms with Crippen LogP contribution in [-0.2, 0) is 14.2 Å². The van der Waals surface area contributed by atoms with Gasteiger partial charge in [0.2, 0.25) is 5.43 Å². The van der Waals surface area contributed by atoms with Crippen molar-refractivity contribution in [1.82, 2.24) is 0 Å². The van der Waals surface area contributed by atoms with Crippen LogP contribution < -0.4 is 15.5 Å². The van der Waals surface area contributed by atoms with E-state index in [0.29, 0.717) is 62.1 Å². The van der Waals surface area contributed by atoms with Gasteiger partial charge in [-0.2, -0.15) is 0 Å². The molecule has 1 aliphatic heterocycles. The fourth-order valence-electron chi connectivity index (χ4n) is 4.01. The molecule has 0 aromatic heterocycles. The number of hydrogen-bond donors (Lipinski definition) is 2. The number of benzene rings is 3. The van der Waals surface area contributed by atoms with Crippen LogP contribution in [0.5, 0.6) is 11.5 Å². The van der Waals surface area contributed by atoms with Crippen molar-refractivity contribution in [3.8, 4) is 33.9 Å². The topological polar surface area (TPSA) is 99.4 Å². The zero-order chi connectivity index (χ0) is 29.1. The number of aromatic hydroxyl groups is 1. The fraction of sp³-hybridized carbons (Fsp3) is 0.367. The van der Waals surface area contributed by atoms with Gasteiger partial charge in [-0.1, -0.05) is 19.9 Å². The predicted octanol–water partition coefficient (Wildman–Crippen LogP) is 6.07. The van der Waals surface area contributed by atoms with Crippen LogP contribution >= 0.6 is 0 Å². The SMILES string of the molecule is CC.CCOCCOCCNc1ccc(-c2c3cc(F)c(=O)cc-3oc3cc(O)c(F)cc23)cc1OCCOC. The van der Waals surface area contributed by atoms with Crippen LogP contribution in [0.4, 0.5) is 14.5 Å². The summed E-state index contributed by atoms with van der Waals surface area (Å²) in [5.74, 6) is -1.86. The number of hydrogen-bond acceptors (Lipinski definition) is 8. The van der Waals surface area contributed by atoms with Crippen molar-refractivity contribution in [2.45, 2.75) is 20.8 Å². The molecule has 8 nitrogen and oxygen atoms in total. The van der Waals surface area contributed by atoms with E-state index in [0.717, 1.165) is 24.3 Å². The number of anilines is 1. The molecule has 0 radical (unpaired) electrons. The van der Waals surface area contributed by atoms with E-state index in [4.69, 9.17) is 23.4 Å². The third-order valence-electron chi connectivity index (χ3n) is 5.80. The van der Waals surface area contributed by atoms with Gasteiger partial charge in [-0.3, -0.25) is 4.79 Å². The van der Waals surface area contributed by atoms with Gasteiger partial charge in [0.05, 0.1) is 32.1 Å². The number of methoxy groups -OCH3 is 1. The minimum absolute atomic E-state index is 0.0955. The summed E-state index contributed by atoms with van der Waals surface area (Å²) in [6.07, 6.45) is 0. The van der Waals surface area contributed by atoms with Crippen LogP contribution in [0.2, 0.25) is 0 Å². The Morgan fingerprint density at radius 3 is 2.45 bits per heavy atom. The first-order chi connectivity index (χ1) is 19.4. The van der Waals surface area contributed by atoms with Crippen molar-refractivity contribution in [1.29, 1.82) is 0 Å². The number of ether oxygens (including phenoxy) is 4. The standard InChI is InChI=1S/C28H29F2NO7.C2H6/c1-3-35-9-10-36-7-6-31-22-5-4-17(12-27(22)37-11-8-34-2)28-18-13-20(29)23(32)15-25(18)38-26-16-24(33)21(30)14-19(26)28;1-2/h4-5,12-16,31-32H,3,6-11H2,1-2H3;1-2H3. The summed E-state index contributed by atoms with van der Waals surface area (Å²) >= 11 is 0. The number of nitrogens with one attached hydrogen (secondary N) is 1. The minimum Gasteiger partial charge on any atom is -0.505 e. The molecule has 40 heavy (non-hydrogen) atoms. The Labute approximate surface area is 231 Å². The summed E-state index contributed by atoms with van der Waals surface area (Å²) in [6.45, 7) is 9.13. The first-order valence-electron chi connectivity index (χ1n) is 13.2. The summed E-state index contributed by atoms with van der Waals surface area (Å²) < 4.78 is 56.4. The Morgan fingerprint density at radius 1 is 0.925 bits per heavy atom. The van der Waals surface area contributed by atoms with Gasteiger partial charge in [0, 0.05) is 48.9 Å². The monoisotopic (exact) mass is 559 g/mol. The van der Waals surface area contributed by atoms with Crippen LogP contribution in [0.1, 0.15) is 20.8 Å². The lowest BCUT2D eigenvalue weighted by Crippen LogP contribution is -2.13. The Morgan fingerprint density at radius 2 is 1.70 bits per heavy atom. The number of halogens is 2. The summed E-state index contributed by atoms with van der Waals surface area (Å²) in [7, 11) is 1.56. The summed E-state index contributed by atoms with van der Waals surface area (Å²) in [6, 6.07) is 9.62. The summed E-state index contributed by atoms with van der Waals surface area (Å²) in [5, 5.41) is 13.5. The lowest BCUT2D eigenvalue weighted by atomic mass is 9.93. The van der Waals surface area contributed by atoms with Crippen molar-refractivity contribution in [3.05, 3.63) is 64.3 Å². The van der Waals surface area contributed by atoms with Crippen molar-refractivity contribution in [2.24, 2.45) is 0 Å². The van der Waals surface area contributed by atoms with Crippen LogP contribution in [0, 0.1) is 11.6 Å². The number of phenolic OH excluding ortho intramolecular Hbond substituents is 1. The van der Waals surface area contributed by atoms with Crippen molar-refractivity contribution in [2.75, 3.05) is 58.6 Å². The molecule has 0 fully saturated rings. The Bertz CT molecular complexity index is 1420. The quantitative estimate of drug-likeness (QED) is 0.151. The molecule has 0 saturated carbocycles. The molecule has 0 bridgehead atoms. The molecule has 1 aliphatic carbocycles. The maximum Gasteiger partial charge on any atom is 0.217 e. The van der Waals surface area contributed by atoms with Crippen molar-refractivity contribution >= 4 is 16.7 Å². The third kappa shape index (κ3) is 7.47. The minimum atomic E-state index is -0.966. The first kappa shape index (κ1) is 30.8. The lowest BCUT2D eigenvalue weighted by molar-refractivity contribution is 0.0570. The van der Waals surface area contributed by atoms with Gasteiger partial charge in [-0.25, -0.2) is 8.78 Å². The highest BCUT2D eigenvalue weighted by molar-refractivity contribution is 6.02. The average Bonchev–Trinajstić information content (AvgIpc) is 2.95. The molecule has 0 amide bonds. The van der Waals surface area contributed by atoms with E-state index in [1.807, 2.05) is 20.8 Å². The second kappa shape index (κ2) is 15.2. The van der Waals surface area contributed by atoms with E-state index in [2.05, 4.69) is 5.32 Å². The maximum absolute atomic E-state index is 14.4. The van der Waals surface area contributed by atoms with Crippen LogP contribution in [-0.4, -0.2) is 58.4 Å². The van der Waals surface area contributed by atoms with E-state index in [1.165, 1.54) is 0 Å². The van der Waals surface area contributed by atoms with Crippen LogP contribution in [0.15, 0.2) is 51.7 Å². The molecule has 2 aliphatic rings. The van der Waals surface area contributed by atoms with Crippen LogP contribution in [0.25, 0.3) is 33.4 Å². The summed E-state index contributed by atoms with van der Waals surface area (Å²) in [4.78, 5) is 12.0. The van der Waals surface area contributed by atoms with Crippen LogP contribution in [0.3, 0.4) is 0 Å². The van der Waals surface area contributed by atoms with Gasteiger partial charge in [0.15, 0.2) is 17.4 Å². The lowest BCUT2D eigenvalue weighted by Gasteiger charge is -2.18. The molecule has 4 rings (SSSR count). The van der Waals surface area contributed by atoms with Crippen molar-refractivity contribution in [3.63, 3.8) is 0 Å². The zero-order valence-electron chi connectivity index (χ0n) is 23.1. The molecule has 2 aromatic rings. The molecule has 216 valence electrons. The van der Waals surface area contributed by atoms with Gasteiger partial charge < -0.3 is 33.8 Å². The molecule has 10 heteroatoms. The third-order valence-corrected chi connectivity index (χ3v) is 5.80. The predicted molar refractivity (Wildman–Crippen MR) is 151 cm³/mol. The van der Waals surface area contributed by atoms with Gasteiger partial charge in [0.1, 0.15) is 23.7 Å². The molecular weight excluding hydrogens is 524 g/mol. The largest absolute Gasteiger partial charge is 0.505 e. The van der Waals surface area contributed by atoms with Crippen molar-refractivity contribution < 1.29 is 37.3 Å². The van der Waals surface area contributed by atoms with Gasteiger partial charge in [0.25, 0.3) is 0 Å². The Hall–Kier alpha value is -3.73. The fourth-order valence-corrected chi connectivity index (χ4v) is 4.01. The molecule has 0 atom stereocenters. The molecule has 2 aromatic carbocycles. The van der Waals surface area contributed by atoms with E-state index >= 15 is 0 Å². The van der Waals surface area contributed by atoms with Gasteiger partial charge in [-0.05, 0) is 36.8 Å². The zero-order valence-corrected chi connectivity index (χ0v) is 23.1. The molecular formula is C30H35F2NO7. The maximum atomic E-state index is 14.4. The first-order valence-corrected chi connectivity index (χ1v) is 13.2. The van der Waals surface area contributed by atoms with E-state index < -0.39 is 22.8 Å². The smallest absolute Gasteiger partial charge is 0.217 e. The van der Waals surface area contributed by atoms with E-state index in [-0.39, 0.29) is 28.9 Å². The van der Waals surface area contributed by atoms with E-state index in [9.17, 15) is 18.7 Å². The average molecular weight is 560 g/mol. The molecule has 1 heterocycles. The molecule has 2 N–H and O–H groups in total. The number of rotatable bonds is 13. The molecule has 0 saturated heterocycles. The highest BCUT2D eigenvalue weighted by atomic mass is 19.1. The molecule has 0 unspecified atom stereocenters. The number of fused-ring (bicyclic) bond motifs is 2. The highest BCUT2D eigenvalue weighted by Crippen LogP contribution is 2.43. The van der Waals surface area contributed by atoms with Gasteiger partial charge >= 0.3 is 0 Å². The van der Waals surface area contributed by atoms with Gasteiger partial charge in [-0.15, -0.1) is 0 Å². The van der Waals surface area contributed by atoms with E-state index in [1.54, 1.807) is 25.3 Å². The Kier molecular flexibility index (Phi) is 11.7. The molecule has 0 spiro atoms. The highest BCUT2D eigenvalue weighted by Gasteiger charge is 2.22.